The summed E-state index contributed by atoms with van der Waals surface area (Å²) in [5.74, 6) is 1.80. The molecule has 0 amide bonds. The van der Waals surface area contributed by atoms with Crippen LogP contribution in [0.1, 0.15) is 13.8 Å². The highest BCUT2D eigenvalue weighted by Crippen LogP contribution is 2.38. The van der Waals surface area contributed by atoms with Crippen LogP contribution < -0.4 is 0 Å². The van der Waals surface area contributed by atoms with E-state index in [-0.39, 0.29) is 24.9 Å². The Morgan fingerprint density at radius 2 is 2.00 bits per heavy atom. The lowest BCUT2D eigenvalue weighted by Crippen LogP contribution is -2.33. The van der Waals surface area contributed by atoms with E-state index in [0.717, 1.165) is 0 Å². The SMILES string of the molecule is C#CCOC[C@H]1O[C@@H](OC)[C@@H]2OC(C)(C)O[C@@H]21. The summed E-state index contributed by atoms with van der Waals surface area (Å²) >= 11 is 0. The summed E-state index contributed by atoms with van der Waals surface area (Å²) in [5.41, 5.74) is 0. The van der Waals surface area contributed by atoms with E-state index in [1.165, 1.54) is 0 Å². The molecular formula is C12H18O5. The van der Waals surface area contributed by atoms with Gasteiger partial charge in [-0.15, -0.1) is 6.42 Å². The zero-order valence-corrected chi connectivity index (χ0v) is 10.3. The summed E-state index contributed by atoms with van der Waals surface area (Å²) in [4.78, 5) is 0. The average molecular weight is 242 g/mol. The lowest BCUT2D eigenvalue weighted by atomic mass is 10.1. The predicted molar refractivity (Wildman–Crippen MR) is 59.1 cm³/mol. The van der Waals surface area contributed by atoms with E-state index in [9.17, 15) is 0 Å². The highest BCUT2D eigenvalue weighted by atomic mass is 16.8. The van der Waals surface area contributed by atoms with Crippen LogP contribution in [0.15, 0.2) is 0 Å². The molecule has 2 heterocycles. The van der Waals surface area contributed by atoms with Crippen molar-refractivity contribution < 1.29 is 23.7 Å². The molecule has 2 fully saturated rings. The Hall–Kier alpha value is -0.640. The van der Waals surface area contributed by atoms with Crippen LogP contribution in [0.5, 0.6) is 0 Å². The Morgan fingerprint density at radius 1 is 1.29 bits per heavy atom. The molecule has 4 atom stereocenters. The summed E-state index contributed by atoms with van der Waals surface area (Å²) < 4.78 is 27.7. The summed E-state index contributed by atoms with van der Waals surface area (Å²) in [6, 6.07) is 0. The first-order valence-electron chi connectivity index (χ1n) is 5.62. The largest absolute Gasteiger partial charge is 0.366 e. The van der Waals surface area contributed by atoms with Crippen LogP contribution in [0.2, 0.25) is 0 Å². The van der Waals surface area contributed by atoms with Gasteiger partial charge in [0.1, 0.15) is 24.9 Å². The second-order valence-electron chi connectivity index (χ2n) is 4.56. The lowest BCUT2D eigenvalue weighted by molar-refractivity contribution is -0.231. The van der Waals surface area contributed by atoms with Gasteiger partial charge in [-0.2, -0.15) is 0 Å². The van der Waals surface area contributed by atoms with Gasteiger partial charge in [0.05, 0.1) is 6.61 Å². The summed E-state index contributed by atoms with van der Waals surface area (Å²) in [5, 5.41) is 0. The summed E-state index contributed by atoms with van der Waals surface area (Å²) in [7, 11) is 1.58. The number of terminal acetylenes is 1. The van der Waals surface area contributed by atoms with Gasteiger partial charge in [0.2, 0.25) is 0 Å². The first-order valence-corrected chi connectivity index (χ1v) is 5.62. The maximum Gasteiger partial charge on any atom is 0.186 e. The Labute approximate surface area is 101 Å². The van der Waals surface area contributed by atoms with Gasteiger partial charge in [-0.1, -0.05) is 5.92 Å². The molecule has 0 saturated carbocycles. The maximum absolute atomic E-state index is 5.79. The maximum atomic E-state index is 5.79. The van der Waals surface area contributed by atoms with Gasteiger partial charge < -0.3 is 23.7 Å². The van der Waals surface area contributed by atoms with Crippen molar-refractivity contribution in [3.63, 3.8) is 0 Å². The molecule has 96 valence electrons. The standard InChI is InChI=1S/C12H18O5/c1-5-6-14-7-8-9-10(11(13-4)15-8)17-12(2,3)16-9/h1,8-11H,6-7H2,2-4H3/t8-,9-,10-,11-/m1/s1. The van der Waals surface area contributed by atoms with Gasteiger partial charge in [-0.25, -0.2) is 0 Å². The fourth-order valence-corrected chi connectivity index (χ4v) is 2.20. The normalized spacial score (nSPS) is 38.9. The van der Waals surface area contributed by atoms with Crippen LogP contribution >= 0.6 is 0 Å². The molecule has 2 rings (SSSR count). The molecule has 0 N–H and O–H groups in total. The van der Waals surface area contributed by atoms with E-state index >= 15 is 0 Å². The van der Waals surface area contributed by atoms with E-state index in [0.29, 0.717) is 6.61 Å². The zero-order valence-electron chi connectivity index (χ0n) is 10.3. The summed E-state index contributed by atoms with van der Waals surface area (Å²) in [6.45, 7) is 4.39. The Kier molecular flexibility index (Phi) is 3.71. The monoisotopic (exact) mass is 242 g/mol. The molecule has 5 heteroatoms. The van der Waals surface area contributed by atoms with Crippen LogP contribution in [0.4, 0.5) is 0 Å². The van der Waals surface area contributed by atoms with Crippen molar-refractivity contribution in [1.29, 1.82) is 0 Å². The molecule has 0 aromatic rings. The van der Waals surface area contributed by atoms with Gasteiger partial charge in [0.15, 0.2) is 12.1 Å². The van der Waals surface area contributed by atoms with Crippen LogP contribution in [0.25, 0.3) is 0 Å². The van der Waals surface area contributed by atoms with E-state index in [1.807, 2.05) is 13.8 Å². The van der Waals surface area contributed by atoms with Crippen molar-refractivity contribution >= 4 is 0 Å². The molecule has 0 aromatic carbocycles. The number of ether oxygens (including phenoxy) is 5. The minimum atomic E-state index is -0.611. The highest BCUT2D eigenvalue weighted by Gasteiger charge is 2.55. The minimum absolute atomic E-state index is 0.173. The fraction of sp³-hybridized carbons (Fsp3) is 0.833. The number of fused-ring (bicyclic) bond motifs is 1. The van der Waals surface area contributed by atoms with Crippen molar-refractivity contribution in [3.05, 3.63) is 0 Å². The average Bonchev–Trinajstić information content (AvgIpc) is 2.73. The third-order valence-corrected chi connectivity index (χ3v) is 2.81. The van der Waals surface area contributed by atoms with E-state index < -0.39 is 12.1 Å². The molecule has 0 unspecified atom stereocenters. The van der Waals surface area contributed by atoms with Crippen molar-refractivity contribution in [2.75, 3.05) is 20.3 Å². The van der Waals surface area contributed by atoms with Crippen molar-refractivity contribution in [1.82, 2.24) is 0 Å². The van der Waals surface area contributed by atoms with Gasteiger partial charge in [0.25, 0.3) is 0 Å². The molecule has 2 saturated heterocycles. The number of hydrogen-bond donors (Lipinski definition) is 0. The van der Waals surface area contributed by atoms with E-state index in [4.69, 9.17) is 30.1 Å². The van der Waals surface area contributed by atoms with Gasteiger partial charge in [0, 0.05) is 7.11 Å². The number of rotatable bonds is 4. The molecular weight excluding hydrogens is 224 g/mol. The number of methoxy groups -OCH3 is 1. The molecule has 2 aliphatic rings. The molecule has 0 radical (unpaired) electrons. The molecule has 0 bridgehead atoms. The van der Waals surface area contributed by atoms with Crippen molar-refractivity contribution in [2.45, 2.75) is 44.2 Å². The third-order valence-electron chi connectivity index (χ3n) is 2.81. The molecule has 0 aromatic heterocycles. The van der Waals surface area contributed by atoms with Crippen LogP contribution in [0.3, 0.4) is 0 Å². The minimum Gasteiger partial charge on any atom is -0.366 e. The highest BCUT2D eigenvalue weighted by molar-refractivity contribution is 4.95. The van der Waals surface area contributed by atoms with E-state index in [2.05, 4.69) is 5.92 Å². The molecule has 0 aliphatic carbocycles. The lowest BCUT2D eigenvalue weighted by Gasteiger charge is -2.23. The fourth-order valence-electron chi connectivity index (χ4n) is 2.20. The van der Waals surface area contributed by atoms with E-state index in [1.54, 1.807) is 7.11 Å². The predicted octanol–water partition coefficient (Wildman–Crippen LogP) is 0.528. The summed E-state index contributed by atoms with van der Waals surface area (Å²) in [6.07, 6.45) is 4.11. The second-order valence-corrected chi connectivity index (χ2v) is 4.56. The van der Waals surface area contributed by atoms with Gasteiger partial charge in [-0.05, 0) is 13.8 Å². The molecule has 17 heavy (non-hydrogen) atoms. The van der Waals surface area contributed by atoms with Crippen molar-refractivity contribution in [3.8, 4) is 12.3 Å². The van der Waals surface area contributed by atoms with Gasteiger partial charge >= 0.3 is 0 Å². The van der Waals surface area contributed by atoms with Crippen LogP contribution in [-0.4, -0.2) is 50.7 Å². The third kappa shape index (κ3) is 2.62. The second kappa shape index (κ2) is 4.92. The quantitative estimate of drug-likeness (QED) is 0.531. The molecule has 2 aliphatic heterocycles. The van der Waals surface area contributed by atoms with Gasteiger partial charge in [-0.3, -0.25) is 0 Å². The first kappa shape index (κ1) is 12.8. The molecule has 0 spiro atoms. The Balaban J connectivity index is 1.98. The number of hydrogen-bond acceptors (Lipinski definition) is 5. The Morgan fingerprint density at radius 3 is 2.65 bits per heavy atom. The van der Waals surface area contributed by atoms with Crippen LogP contribution in [-0.2, 0) is 23.7 Å². The van der Waals surface area contributed by atoms with Crippen molar-refractivity contribution in [2.24, 2.45) is 0 Å². The first-order chi connectivity index (χ1) is 8.07. The Bertz CT molecular complexity index is 309. The smallest absolute Gasteiger partial charge is 0.186 e. The topological polar surface area (TPSA) is 46.2 Å². The zero-order chi connectivity index (χ0) is 12.5. The molecule has 5 nitrogen and oxygen atoms in total. The van der Waals surface area contributed by atoms with Crippen LogP contribution in [0, 0.1) is 12.3 Å².